The Kier molecular flexibility index (Phi) is 6.26. The van der Waals surface area contributed by atoms with Crippen LogP contribution in [0.1, 0.15) is 5.56 Å². The molecule has 1 aliphatic rings. The van der Waals surface area contributed by atoms with Crippen LogP contribution in [0.25, 0.3) is 0 Å². The lowest BCUT2D eigenvalue weighted by atomic mass is 10.1. The number of hydrogen-bond donors (Lipinski definition) is 4. The number of aliphatic imine (C=N–C) groups is 1. The summed E-state index contributed by atoms with van der Waals surface area (Å²) in [5, 5.41) is 37.2. The van der Waals surface area contributed by atoms with Gasteiger partial charge in [-0.2, -0.15) is 5.10 Å². The molecule has 2 aromatic rings. The standard InChI is InChI=1S/C21H26N6O2/c1-14-11-17(16(12-19(14)29)23-9-10-28)24-20-18(13-26(2)3)25-27(21(20)22)15-7-5-4-6-8-15/h4-8,11-12,22-23,28-29H,9-10,13H2,1-3H3. The zero-order valence-corrected chi connectivity index (χ0v) is 16.8. The van der Waals surface area contributed by atoms with Crippen molar-refractivity contribution in [1.82, 2.24) is 4.90 Å². The molecule has 0 fully saturated rings. The predicted octanol–water partition coefficient (Wildman–Crippen LogP) is 2.59. The third-order valence-corrected chi connectivity index (χ3v) is 4.37. The summed E-state index contributed by atoms with van der Waals surface area (Å²) in [4.78, 5) is 6.72. The number of hydrogen-bond acceptors (Lipinski definition) is 7. The zero-order chi connectivity index (χ0) is 21.0. The molecule has 4 N–H and O–H groups in total. The van der Waals surface area contributed by atoms with Gasteiger partial charge in [0.25, 0.3) is 0 Å². The first kappa shape index (κ1) is 20.5. The van der Waals surface area contributed by atoms with E-state index in [1.54, 1.807) is 24.1 Å². The van der Waals surface area contributed by atoms with Crippen LogP contribution in [-0.4, -0.2) is 66.2 Å². The average molecular weight is 394 g/mol. The van der Waals surface area contributed by atoms with Crippen LogP contribution in [0.15, 0.2) is 52.6 Å². The first-order valence-electron chi connectivity index (χ1n) is 9.34. The molecular formula is C21H26N6O2. The number of amidine groups is 1. The van der Waals surface area contributed by atoms with Gasteiger partial charge in [0, 0.05) is 19.2 Å². The second kappa shape index (κ2) is 8.85. The van der Waals surface area contributed by atoms with Crippen molar-refractivity contribution in [3.63, 3.8) is 0 Å². The van der Waals surface area contributed by atoms with E-state index < -0.39 is 0 Å². The molecule has 0 saturated heterocycles. The highest BCUT2D eigenvalue weighted by Gasteiger charge is 2.30. The second-order valence-electron chi connectivity index (χ2n) is 7.05. The lowest BCUT2D eigenvalue weighted by molar-refractivity contribution is 0.311. The number of hydrazone groups is 1. The van der Waals surface area contributed by atoms with Crippen LogP contribution in [0, 0.1) is 12.3 Å². The molecule has 0 bridgehead atoms. The molecule has 8 nitrogen and oxygen atoms in total. The summed E-state index contributed by atoms with van der Waals surface area (Å²) >= 11 is 0. The summed E-state index contributed by atoms with van der Waals surface area (Å²) in [5.74, 6) is 0.330. The molecule has 1 aliphatic heterocycles. The number of rotatable bonds is 7. The Balaban J connectivity index is 2.06. The highest BCUT2D eigenvalue weighted by molar-refractivity contribution is 6.73. The van der Waals surface area contributed by atoms with E-state index in [2.05, 4.69) is 10.4 Å². The van der Waals surface area contributed by atoms with Crippen molar-refractivity contribution in [2.45, 2.75) is 6.92 Å². The fourth-order valence-electron chi connectivity index (χ4n) is 2.96. The summed E-state index contributed by atoms with van der Waals surface area (Å²) in [7, 11) is 3.88. The highest BCUT2D eigenvalue weighted by atomic mass is 16.3. The minimum absolute atomic E-state index is 0.0460. The molecule has 0 spiro atoms. The SMILES string of the molecule is Cc1cc(N=C2C(=N)N(c3ccccc3)N=C2CN(C)C)c(NCCO)cc1O. The number of aliphatic hydroxyl groups excluding tert-OH is 1. The summed E-state index contributed by atoms with van der Waals surface area (Å²) < 4.78 is 0. The molecule has 0 atom stereocenters. The summed E-state index contributed by atoms with van der Waals surface area (Å²) in [6, 6.07) is 12.9. The Bertz CT molecular complexity index is 953. The summed E-state index contributed by atoms with van der Waals surface area (Å²) in [6.45, 7) is 2.60. The van der Waals surface area contributed by atoms with Crippen molar-refractivity contribution in [2.75, 3.05) is 44.1 Å². The highest BCUT2D eigenvalue weighted by Crippen LogP contribution is 2.33. The monoisotopic (exact) mass is 394 g/mol. The molecule has 0 amide bonds. The van der Waals surface area contributed by atoms with Crippen LogP contribution in [0.2, 0.25) is 0 Å². The first-order valence-corrected chi connectivity index (χ1v) is 9.34. The van der Waals surface area contributed by atoms with Crippen LogP contribution in [-0.2, 0) is 0 Å². The van der Waals surface area contributed by atoms with E-state index in [-0.39, 0.29) is 18.2 Å². The van der Waals surface area contributed by atoms with Crippen molar-refractivity contribution in [3.05, 3.63) is 48.0 Å². The van der Waals surface area contributed by atoms with E-state index in [1.165, 1.54) is 0 Å². The van der Waals surface area contributed by atoms with Crippen molar-refractivity contribution in [2.24, 2.45) is 10.1 Å². The minimum Gasteiger partial charge on any atom is -0.508 e. The van der Waals surface area contributed by atoms with Crippen LogP contribution in [0.4, 0.5) is 17.1 Å². The lowest BCUT2D eigenvalue weighted by Gasteiger charge is -2.14. The minimum atomic E-state index is -0.0460. The molecule has 29 heavy (non-hydrogen) atoms. The smallest absolute Gasteiger partial charge is 0.174 e. The van der Waals surface area contributed by atoms with Gasteiger partial charge in [-0.1, -0.05) is 18.2 Å². The van der Waals surface area contributed by atoms with Gasteiger partial charge in [-0.25, -0.2) is 10.0 Å². The topological polar surface area (TPSA) is 108 Å². The number of aliphatic hydroxyl groups is 1. The lowest BCUT2D eigenvalue weighted by Crippen LogP contribution is -2.31. The van der Waals surface area contributed by atoms with Gasteiger partial charge in [-0.15, -0.1) is 0 Å². The number of aromatic hydroxyl groups is 1. The number of nitrogens with one attached hydrogen (secondary N) is 2. The van der Waals surface area contributed by atoms with Crippen molar-refractivity contribution in [3.8, 4) is 5.75 Å². The Morgan fingerprint density at radius 3 is 2.59 bits per heavy atom. The van der Waals surface area contributed by atoms with Crippen molar-refractivity contribution < 1.29 is 10.2 Å². The molecule has 0 aliphatic carbocycles. The summed E-state index contributed by atoms with van der Waals surface area (Å²) in [6.07, 6.45) is 0. The van der Waals surface area contributed by atoms with Gasteiger partial charge < -0.3 is 20.4 Å². The molecule has 0 radical (unpaired) electrons. The average Bonchev–Trinajstić information content (AvgIpc) is 2.99. The van der Waals surface area contributed by atoms with E-state index in [0.717, 1.165) is 5.69 Å². The van der Waals surface area contributed by atoms with Crippen molar-refractivity contribution >= 4 is 34.3 Å². The van der Waals surface area contributed by atoms with Gasteiger partial charge in [0.2, 0.25) is 0 Å². The van der Waals surface area contributed by atoms with E-state index in [1.807, 2.05) is 49.3 Å². The number of benzene rings is 2. The molecule has 0 unspecified atom stereocenters. The second-order valence-corrected chi connectivity index (χ2v) is 7.05. The Hall–Kier alpha value is -3.23. The first-order chi connectivity index (χ1) is 13.9. The number of nitrogens with zero attached hydrogens (tertiary/aromatic N) is 4. The number of para-hydroxylation sites is 1. The van der Waals surface area contributed by atoms with Gasteiger partial charge in [0.1, 0.15) is 17.2 Å². The zero-order valence-electron chi connectivity index (χ0n) is 16.8. The van der Waals surface area contributed by atoms with Gasteiger partial charge in [0.05, 0.1) is 23.7 Å². The van der Waals surface area contributed by atoms with Crippen molar-refractivity contribution in [1.29, 1.82) is 5.41 Å². The molecule has 2 aromatic carbocycles. The van der Waals surface area contributed by atoms with E-state index in [0.29, 0.717) is 41.5 Å². The number of aryl methyl sites for hydroxylation is 1. The number of phenolic OH excluding ortho intramolecular Hbond substituents is 1. The van der Waals surface area contributed by atoms with Crippen LogP contribution < -0.4 is 10.3 Å². The molecule has 3 rings (SSSR count). The van der Waals surface area contributed by atoms with E-state index in [9.17, 15) is 5.11 Å². The van der Waals surface area contributed by atoms with Gasteiger partial charge in [0.15, 0.2) is 5.84 Å². The largest absolute Gasteiger partial charge is 0.508 e. The maximum absolute atomic E-state index is 10.1. The molecule has 8 heteroatoms. The Labute approximate surface area is 170 Å². The maximum Gasteiger partial charge on any atom is 0.174 e. The maximum atomic E-state index is 10.1. The quantitative estimate of drug-likeness (QED) is 0.577. The van der Waals surface area contributed by atoms with Crippen LogP contribution in [0.5, 0.6) is 5.75 Å². The third kappa shape index (κ3) is 4.61. The Morgan fingerprint density at radius 2 is 1.93 bits per heavy atom. The normalized spacial score (nSPS) is 15.3. The van der Waals surface area contributed by atoms with E-state index in [4.69, 9.17) is 15.5 Å². The molecular weight excluding hydrogens is 368 g/mol. The van der Waals surface area contributed by atoms with Crippen LogP contribution >= 0.6 is 0 Å². The van der Waals surface area contributed by atoms with Gasteiger partial charge in [-0.3, -0.25) is 5.41 Å². The van der Waals surface area contributed by atoms with Gasteiger partial charge >= 0.3 is 0 Å². The molecule has 152 valence electrons. The third-order valence-electron chi connectivity index (χ3n) is 4.37. The number of phenols is 1. The van der Waals surface area contributed by atoms with Gasteiger partial charge in [-0.05, 0) is 44.8 Å². The molecule has 0 saturated carbocycles. The Morgan fingerprint density at radius 1 is 1.21 bits per heavy atom. The van der Waals surface area contributed by atoms with E-state index >= 15 is 0 Å². The summed E-state index contributed by atoms with van der Waals surface area (Å²) in [5.41, 5.74) is 3.79. The molecule has 1 heterocycles. The fraction of sp³-hybridized carbons (Fsp3) is 0.286. The predicted molar refractivity (Wildman–Crippen MR) is 118 cm³/mol. The number of anilines is 2. The molecule has 0 aromatic heterocycles. The van der Waals surface area contributed by atoms with Crippen LogP contribution in [0.3, 0.4) is 0 Å². The fourth-order valence-corrected chi connectivity index (χ4v) is 2.96.